The topological polar surface area (TPSA) is 58.4 Å². The minimum Gasteiger partial charge on any atom is -0.369 e. The van der Waals surface area contributed by atoms with Gasteiger partial charge >= 0.3 is 0 Å². The van der Waals surface area contributed by atoms with Gasteiger partial charge in [-0.1, -0.05) is 0 Å². The van der Waals surface area contributed by atoms with Crippen molar-refractivity contribution in [3.05, 3.63) is 28.2 Å². The molecule has 1 fully saturated rings. The highest BCUT2D eigenvalue weighted by atomic mass is 79.9. The molecule has 1 heterocycles. The Morgan fingerprint density at radius 3 is 2.81 bits per heavy atom. The highest BCUT2D eigenvalue weighted by Crippen LogP contribution is 2.27. The zero-order valence-electron chi connectivity index (χ0n) is 12.7. The summed E-state index contributed by atoms with van der Waals surface area (Å²) in [4.78, 5) is 13.7. The Labute approximate surface area is 135 Å². The van der Waals surface area contributed by atoms with Crippen molar-refractivity contribution < 1.29 is 4.79 Å². The first kappa shape index (κ1) is 16.3. The third-order valence-corrected chi connectivity index (χ3v) is 4.68. The molecule has 1 aliphatic heterocycles. The Kier molecular flexibility index (Phi) is 5.65. The lowest BCUT2D eigenvalue weighted by Crippen LogP contribution is -2.41. The molecule has 0 bridgehead atoms. The maximum Gasteiger partial charge on any atom is 0.249 e. The Morgan fingerprint density at radius 1 is 1.52 bits per heavy atom. The van der Waals surface area contributed by atoms with Gasteiger partial charge in [-0.15, -0.1) is 0 Å². The van der Waals surface area contributed by atoms with E-state index in [0.29, 0.717) is 17.5 Å². The van der Waals surface area contributed by atoms with Crippen molar-refractivity contribution in [2.24, 2.45) is 11.7 Å². The average molecular weight is 354 g/mol. The van der Waals surface area contributed by atoms with Gasteiger partial charge in [-0.25, -0.2) is 0 Å². The lowest BCUT2D eigenvalue weighted by atomic mass is 9.98. The third kappa shape index (κ3) is 4.20. The zero-order valence-corrected chi connectivity index (χ0v) is 14.3. The number of nitrogens with zero attached hydrogens (tertiary/aromatic N) is 1. The molecule has 0 aliphatic carbocycles. The van der Waals surface area contributed by atoms with E-state index >= 15 is 0 Å². The number of carbonyl (C=O) groups excluding carboxylic acids is 1. The molecule has 0 spiro atoms. The van der Waals surface area contributed by atoms with Gasteiger partial charge in [0.25, 0.3) is 0 Å². The van der Waals surface area contributed by atoms with Gasteiger partial charge in [0.05, 0.1) is 5.56 Å². The summed E-state index contributed by atoms with van der Waals surface area (Å²) in [6.45, 7) is 7.66. The van der Waals surface area contributed by atoms with Crippen LogP contribution >= 0.6 is 15.9 Å². The van der Waals surface area contributed by atoms with Crippen molar-refractivity contribution >= 4 is 27.5 Å². The molecule has 1 saturated heterocycles. The molecule has 0 aromatic heterocycles. The number of nitrogens with two attached hydrogens (primary N) is 1. The quantitative estimate of drug-likeness (QED) is 0.855. The predicted octanol–water partition coefficient (Wildman–Crippen LogP) is 2.76. The second-order valence-electron chi connectivity index (χ2n) is 5.99. The van der Waals surface area contributed by atoms with Gasteiger partial charge < -0.3 is 16.0 Å². The Balaban J connectivity index is 2.17. The van der Waals surface area contributed by atoms with Crippen LogP contribution in [0.4, 0.5) is 5.69 Å². The molecule has 1 aliphatic rings. The number of amides is 1. The standard InChI is InChI=1S/C16H24BrN3O/c1-11(2)20(10-12-4-3-7-19-9-12)13-5-6-14(16(18)21)15(17)8-13/h5-6,8,11-12,19H,3-4,7,9-10H2,1-2H3,(H2,18,21). The first-order valence-corrected chi connectivity index (χ1v) is 8.35. The van der Waals surface area contributed by atoms with Gasteiger partial charge in [0, 0.05) is 22.7 Å². The van der Waals surface area contributed by atoms with E-state index in [9.17, 15) is 4.79 Å². The average Bonchev–Trinajstić information content (AvgIpc) is 2.45. The van der Waals surface area contributed by atoms with Crippen LogP contribution in [0.3, 0.4) is 0 Å². The number of benzene rings is 1. The first-order chi connectivity index (χ1) is 9.99. The van der Waals surface area contributed by atoms with E-state index in [1.807, 2.05) is 12.1 Å². The van der Waals surface area contributed by atoms with Gasteiger partial charge in [-0.3, -0.25) is 4.79 Å². The second kappa shape index (κ2) is 7.27. The summed E-state index contributed by atoms with van der Waals surface area (Å²) in [6, 6.07) is 6.20. The van der Waals surface area contributed by atoms with Crippen LogP contribution < -0.4 is 16.0 Å². The lowest BCUT2D eigenvalue weighted by Gasteiger charge is -2.34. The molecule has 0 radical (unpaired) electrons. The van der Waals surface area contributed by atoms with E-state index < -0.39 is 5.91 Å². The Bertz CT molecular complexity index is 498. The van der Waals surface area contributed by atoms with E-state index in [1.54, 1.807) is 6.07 Å². The van der Waals surface area contributed by atoms with Gasteiger partial charge in [-0.05, 0) is 79.8 Å². The number of halogens is 1. The molecule has 4 nitrogen and oxygen atoms in total. The number of anilines is 1. The van der Waals surface area contributed by atoms with Crippen LogP contribution in [0.1, 0.15) is 37.0 Å². The zero-order chi connectivity index (χ0) is 15.4. The van der Waals surface area contributed by atoms with Gasteiger partial charge in [0.1, 0.15) is 0 Å². The lowest BCUT2D eigenvalue weighted by molar-refractivity contribution is 0.0999. The van der Waals surface area contributed by atoms with Crippen LogP contribution in [-0.2, 0) is 0 Å². The first-order valence-electron chi connectivity index (χ1n) is 7.55. The van der Waals surface area contributed by atoms with Crippen molar-refractivity contribution in [2.75, 3.05) is 24.5 Å². The Hall–Kier alpha value is -1.07. The van der Waals surface area contributed by atoms with Crippen molar-refractivity contribution in [1.29, 1.82) is 0 Å². The molecule has 3 N–H and O–H groups in total. The monoisotopic (exact) mass is 353 g/mol. The summed E-state index contributed by atoms with van der Waals surface area (Å²) >= 11 is 3.45. The van der Waals surface area contributed by atoms with Gasteiger partial charge in [0.15, 0.2) is 0 Å². The summed E-state index contributed by atoms with van der Waals surface area (Å²) in [6.07, 6.45) is 2.53. The number of primary amides is 1. The smallest absolute Gasteiger partial charge is 0.249 e. The van der Waals surface area contributed by atoms with Crippen LogP contribution in [0.25, 0.3) is 0 Å². The fraction of sp³-hybridized carbons (Fsp3) is 0.562. The fourth-order valence-electron chi connectivity index (χ4n) is 2.85. The summed E-state index contributed by atoms with van der Waals surface area (Å²) < 4.78 is 0.764. The maximum atomic E-state index is 11.3. The van der Waals surface area contributed by atoms with Crippen LogP contribution in [0.2, 0.25) is 0 Å². The number of hydrogen-bond donors (Lipinski definition) is 2. The molecular formula is C16H24BrN3O. The largest absolute Gasteiger partial charge is 0.369 e. The molecule has 21 heavy (non-hydrogen) atoms. The number of rotatable bonds is 5. The van der Waals surface area contributed by atoms with Crippen molar-refractivity contribution in [3.63, 3.8) is 0 Å². The maximum absolute atomic E-state index is 11.3. The normalized spacial score (nSPS) is 18.8. The van der Waals surface area contributed by atoms with Crippen LogP contribution in [0, 0.1) is 5.92 Å². The summed E-state index contributed by atoms with van der Waals surface area (Å²) in [5.41, 5.74) is 7.02. The highest BCUT2D eigenvalue weighted by Gasteiger charge is 2.20. The van der Waals surface area contributed by atoms with E-state index in [4.69, 9.17) is 5.73 Å². The molecule has 5 heteroatoms. The highest BCUT2D eigenvalue weighted by molar-refractivity contribution is 9.10. The van der Waals surface area contributed by atoms with Gasteiger partial charge in [-0.2, -0.15) is 0 Å². The van der Waals surface area contributed by atoms with Crippen molar-refractivity contribution in [1.82, 2.24) is 5.32 Å². The number of hydrogen-bond acceptors (Lipinski definition) is 3. The number of nitrogens with one attached hydrogen (secondary N) is 1. The molecule has 0 saturated carbocycles. The van der Waals surface area contributed by atoms with Crippen LogP contribution in [0.15, 0.2) is 22.7 Å². The molecule has 1 atom stereocenters. The second-order valence-corrected chi connectivity index (χ2v) is 6.84. The molecular weight excluding hydrogens is 330 g/mol. The fourth-order valence-corrected chi connectivity index (χ4v) is 3.42. The minimum atomic E-state index is -0.402. The summed E-state index contributed by atoms with van der Waals surface area (Å²) in [5, 5.41) is 3.47. The molecule has 1 unspecified atom stereocenters. The van der Waals surface area contributed by atoms with Gasteiger partial charge in [0.2, 0.25) is 5.91 Å². The Morgan fingerprint density at radius 2 is 2.29 bits per heavy atom. The molecule has 2 rings (SSSR count). The third-order valence-electron chi connectivity index (χ3n) is 4.03. The van der Waals surface area contributed by atoms with E-state index in [-0.39, 0.29) is 0 Å². The van der Waals surface area contributed by atoms with E-state index in [0.717, 1.165) is 29.8 Å². The SMILES string of the molecule is CC(C)N(CC1CCCNC1)c1ccc(C(N)=O)c(Br)c1. The van der Waals surface area contributed by atoms with E-state index in [1.165, 1.54) is 12.8 Å². The summed E-state index contributed by atoms with van der Waals surface area (Å²) in [7, 11) is 0. The molecule has 1 amide bonds. The molecule has 116 valence electrons. The van der Waals surface area contributed by atoms with E-state index in [2.05, 4.69) is 40.0 Å². The predicted molar refractivity (Wildman–Crippen MR) is 90.7 cm³/mol. The molecule has 1 aromatic carbocycles. The number of piperidine rings is 1. The molecule has 1 aromatic rings. The minimum absolute atomic E-state index is 0.402. The van der Waals surface area contributed by atoms with Crippen molar-refractivity contribution in [3.8, 4) is 0 Å². The summed E-state index contributed by atoms with van der Waals surface area (Å²) in [5.74, 6) is 0.275. The van der Waals surface area contributed by atoms with Crippen molar-refractivity contribution in [2.45, 2.75) is 32.7 Å². The van der Waals surface area contributed by atoms with Crippen LogP contribution in [-0.4, -0.2) is 31.6 Å². The number of carbonyl (C=O) groups is 1. The van der Waals surface area contributed by atoms with Crippen LogP contribution in [0.5, 0.6) is 0 Å².